The van der Waals surface area contributed by atoms with Crippen molar-refractivity contribution in [3.05, 3.63) is 59.0 Å². The molecule has 7 nitrogen and oxygen atoms in total. The number of aromatic nitrogens is 3. The minimum Gasteiger partial charge on any atom is -0.479 e. The molecule has 2 heterocycles. The number of hydrogen-bond donors (Lipinski definition) is 3. The number of aromatic amines is 1. The number of benzene rings is 1. The van der Waals surface area contributed by atoms with Crippen LogP contribution in [0.4, 0.5) is 0 Å². The van der Waals surface area contributed by atoms with E-state index in [-0.39, 0.29) is 0 Å². The maximum Gasteiger partial charge on any atom is 0.331 e. The summed E-state index contributed by atoms with van der Waals surface area (Å²) in [5.41, 5.74) is 2.67. The van der Waals surface area contributed by atoms with Crippen LogP contribution in [0.5, 0.6) is 0 Å². The van der Waals surface area contributed by atoms with Crippen LogP contribution in [0.2, 0.25) is 0 Å². The van der Waals surface area contributed by atoms with Crippen LogP contribution in [0.15, 0.2) is 36.5 Å². The Hall–Kier alpha value is -3.22. The number of carbonyl (C=O) groups excluding carboxylic acids is 1. The smallest absolute Gasteiger partial charge is 0.331 e. The number of nitrogens with one attached hydrogen (secondary N) is 2. The average Bonchev–Trinajstić information content (AvgIpc) is 2.90. The number of pyridine rings is 1. The molecule has 0 saturated carbocycles. The Labute approximate surface area is 137 Å². The van der Waals surface area contributed by atoms with Gasteiger partial charge in [0.25, 0.3) is 5.91 Å². The van der Waals surface area contributed by atoms with Gasteiger partial charge in [0.2, 0.25) is 0 Å². The molecule has 3 aromatic rings. The zero-order valence-electron chi connectivity index (χ0n) is 13.2. The van der Waals surface area contributed by atoms with Crippen molar-refractivity contribution in [2.45, 2.75) is 19.9 Å². The van der Waals surface area contributed by atoms with Crippen LogP contribution < -0.4 is 5.32 Å². The quantitative estimate of drug-likeness (QED) is 0.681. The molecule has 1 atom stereocenters. The minimum absolute atomic E-state index is 0.380. The number of para-hydroxylation sites is 1. The van der Waals surface area contributed by atoms with E-state index in [9.17, 15) is 14.7 Å². The standard InChI is InChI=1S/C17H16N4O3/c1-9-14(10(2)21-20-9)15(17(23)24)19-16(22)12-7-8-18-13-6-4-3-5-11(12)13/h3-8,15H,1-2H3,(H,19,22)(H,20,21)(H,23,24)/t15-/m0/s1. The van der Waals surface area contributed by atoms with Crippen molar-refractivity contribution in [3.63, 3.8) is 0 Å². The van der Waals surface area contributed by atoms with E-state index in [2.05, 4.69) is 20.5 Å². The zero-order valence-corrected chi connectivity index (χ0v) is 13.2. The van der Waals surface area contributed by atoms with Gasteiger partial charge in [-0.1, -0.05) is 18.2 Å². The highest BCUT2D eigenvalue weighted by atomic mass is 16.4. The number of carboxylic acid groups (broad SMARTS) is 1. The van der Waals surface area contributed by atoms with E-state index in [0.29, 0.717) is 33.4 Å². The Kier molecular flexibility index (Phi) is 3.99. The van der Waals surface area contributed by atoms with Crippen molar-refractivity contribution in [2.24, 2.45) is 0 Å². The van der Waals surface area contributed by atoms with E-state index >= 15 is 0 Å². The molecular weight excluding hydrogens is 308 g/mol. The van der Waals surface area contributed by atoms with E-state index in [1.807, 2.05) is 6.07 Å². The van der Waals surface area contributed by atoms with Crippen molar-refractivity contribution >= 4 is 22.8 Å². The molecular formula is C17H16N4O3. The van der Waals surface area contributed by atoms with Gasteiger partial charge in [0, 0.05) is 22.8 Å². The molecule has 0 spiro atoms. The molecule has 0 bridgehead atoms. The molecule has 0 aliphatic heterocycles. The Morgan fingerprint density at radius 1 is 1.21 bits per heavy atom. The fourth-order valence-corrected chi connectivity index (χ4v) is 2.74. The van der Waals surface area contributed by atoms with E-state index < -0.39 is 17.9 Å². The summed E-state index contributed by atoms with van der Waals surface area (Å²) in [4.78, 5) is 28.5. The first-order valence-corrected chi connectivity index (χ1v) is 7.38. The maximum atomic E-state index is 12.7. The number of nitrogens with zero attached hydrogens (tertiary/aromatic N) is 2. The SMILES string of the molecule is Cc1n[nH]c(C)c1[C@H](NC(=O)c1ccnc2ccccc12)C(=O)O. The minimum atomic E-state index is -1.18. The highest BCUT2D eigenvalue weighted by Crippen LogP contribution is 2.22. The number of carboxylic acids is 1. The van der Waals surface area contributed by atoms with Crippen molar-refractivity contribution in [3.8, 4) is 0 Å². The van der Waals surface area contributed by atoms with Crippen molar-refractivity contribution in [1.82, 2.24) is 20.5 Å². The van der Waals surface area contributed by atoms with Gasteiger partial charge in [-0.25, -0.2) is 4.79 Å². The van der Waals surface area contributed by atoms with E-state index in [1.54, 1.807) is 38.1 Å². The molecule has 0 aliphatic rings. The lowest BCUT2D eigenvalue weighted by atomic mass is 10.0. The van der Waals surface area contributed by atoms with Gasteiger partial charge in [-0.05, 0) is 26.0 Å². The van der Waals surface area contributed by atoms with Crippen molar-refractivity contribution < 1.29 is 14.7 Å². The lowest BCUT2D eigenvalue weighted by Crippen LogP contribution is -2.34. The summed E-state index contributed by atoms with van der Waals surface area (Å²) in [6, 6.07) is 7.61. The predicted octanol–water partition coefficient (Wildman–Crippen LogP) is 2.13. The van der Waals surface area contributed by atoms with Gasteiger partial charge in [-0.2, -0.15) is 5.10 Å². The number of fused-ring (bicyclic) bond motifs is 1. The second-order valence-corrected chi connectivity index (χ2v) is 5.47. The summed E-state index contributed by atoms with van der Waals surface area (Å²) in [5, 5.41) is 19.5. The summed E-state index contributed by atoms with van der Waals surface area (Å²) in [7, 11) is 0. The molecule has 0 saturated heterocycles. The summed E-state index contributed by atoms with van der Waals surface area (Å²) < 4.78 is 0. The van der Waals surface area contributed by atoms with Crippen molar-refractivity contribution in [1.29, 1.82) is 0 Å². The number of amides is 1. The van der Waals surface area contributed by atoms with Crippen LogP contribution in [0, 0.1) is 13.8 Å². The van der Waals surface area contributed by atoms with Gasteiger partial charge in [0.1, 0.15) is 0 Å². The molecule has 1 aromatic carbocycles. The fourth-order valence-electron chi connectivity index (χ4n) is 2.74. The molecule has 24 heavy (non-hydrogen) atoms. The number of aliphatic carboxylic acids is 1. The van der Waals surface area contributed by atoms with Crippen LogP contribution in [-0.2, 0) is 4.79 Å². The number of rotatable bonds is 4. The Morgan fingerprint density at radius 2 is 1.96 bits per heavy atom. The summed E-state index contributed by atoms with van der Waals surface area (Å²) in [6.07, 6.45) is 1.53. The third-order valence-corrected chi connectivity index (χ3v) is 3.89. The summed E-state index contributed by atoms with van der Waals surface area (Å²) >= 11 is 0. The molecule has 0 unspecified atom stereocenters. The number of H-pyrrole nitrogens is 1. The largest absolute Gasteiger partial charge is 0.479 e. The topological polar surface area (TPSA) is 108 Å². The molecule has 2 aromatic heterocycles. The van der Waals surface area contributed by atoms with Crippen LogP contribution >= 0.6 is 0 Å². The number of hydrogen-bond acceptors (Lipinski definition) is 4. The Morgan fingerprint density at radius 3 is 2.62 bits per heavy atom. The van der Waals surface area contributed by atoms with Crippen LogP contribution in [0.25, 0.3) is 10.9 Å². The zero-order chi connectivity index (χ0) is 17.3. The van der Waals surface area contributed by atoms with Gasteiger partial charge in [0.05, 0.1) is 16.8 Å². The van der Waals surface area contributed by atoms with E-state index in [1.165, 1.54) is 6.20 Å². The molecule has 3 N–H and O–H groups in total. The second-order valence-electron chi connectivity index (χ2n) is 5.47. The van der Waals surface area contributed by atoms with Gasteiger partial charge < -0.3 is 10.4 Å². The first-order chi connectivity index (χ1) is 11.5. The normalized spacial score (nSPS) is 12.1. The Bertz CT molecular complexity index is 908. The maximum absolute atomic E-state index is 12.7. The second kappa shape index (κ2) is 6.11. The molecule has 7 heteroatoms. The summed E-state index contributed by atoms with van der Waals surface area (Å²) in [6.45, 7) is 3.42. The third-order valence-electron chi connectivity index (χ3n) is 3.89. The Balaban J connectivity index is 1.99. The monoisotopic (exact) mass is 324 g/mol. The molecule has 0 aliphatic carbocycles. The molecule has 3 rings (SSSR count). The fraction of sp³-hybridized carbons (Fsp3) is 0.176. The van der Waals surface area contributed by atoms with Crippen molar-refractivity contribution in [2.75, 3.05) is 0 Å². The number of aryl methyl sites for hydroxylation is 2. The predicted molar refractivity (Wildman–Crippen MR) is 87.6 cm³/mol. The van der Waals surface area contributed by atoms with E-state index in [4.69, 9.17) is 0 Å². The summed E-state index contributed by atoms with van der Waals surface area (Å²) in [5.74, 6) is -1.62. The van der Waals surface area contributed by atoms with Gasteiger partial charge >= 0.3 is 5.97 Å². The van der Waals surface area contributed by atoms with Crippen LogP contribution in [0.3, 0.4) is 0 Å². The molecule has 122 valence electrons. The third kappa shape index (κ3) is 2.71. The lowest BCUT2D eigenvalue weighted by molar-refractivity contribution is -0.139. The van der Waals surface area contributed by atoms with Gasteiger partial charge in [0.15, 0.2) is 6.04 Å². The van der Waals surface area contributed by atoms with Crippen LogP contribution in [-0.4, -0.2) is 32.2 Å². The van der Waals surface area contributed by atoms with Gasteiger partial charge in [-0.15, -0.1) is 0 Å². The first-order valence-electron chi connectivity index (χ1n) is 7.38. The highest BCUT2D eigenvalue weighted by molar-refractivity contribution is 6.07. The molecule has 1 amide bonds. The van der Waals surface area contributed by atoms with Gasteiger partial charge in [-0.3, -0.25) is 14.9 Å². The molecule has 0 radical (unpaired) electrons. The first kappa shape index (κ1) is 15.7. The average molecular weight is 324 g/mol. The van der Waals surface area contributed by atoms with E-state index in [0.717, 1.165) is 0 Å². The lowest BCUT2D eigenvalue weighted by Gasteiger charge is -2.16. The molecule has 0 fully saturated rings. The number of carbonyl (C=O) groups is 2. The highest BCUT2D eigenvalue weighted by Gasteiger charge is 2.28. The van der Waals surface area contributed by atoms with Crippen LogP contribution in [0.1, 0.15) is 33.4 Å².